The van der Waals surface area contributed by atoms with Crippen molar-refractivity contribution >= 4 is 0 Å². The predicted molar refractivity (Wildman–Crippen MR) is 46.0 cm³/mol. The molecule has 68 valence electrons. The summed E-state index contributed by atoms with van der Waals surface area (Å²) in [6.45, 7) is 0. The zero-order chi connectivity index (χ0) is 9.97. The Bertz CT molecular complexity index is 484. The average molecular weight is 188 g/mol. The molecule has 4 nitrogen and oxygen atoms in total. The minimum Gasteiger partial charge on any atom is -0.288 e. The lowest BCUT2D eigenvalue weighted by Gasteiger charge is -2.01. The number of rotatable bonds is 1. The largest absolute Gasteiger partial charge is 0.288 e. The van der Waals surface area contributed by atoms with Crippen LogP contribution in [-0.2, 0) is 0 Å². The molecule has 0 spiro atoms. The maximum Gasteiger partial charge on any atom is 0.141 e. The molecule has 0 atom stereocenters. The summed E-state index contributed by atoms with van der Waals surface area (Å²) in [6, 6.07) is 6.01. The Morgan fingerprint density at radius 2 is 2.00 bits per heavy atom. The number of hydrogen-bond donors (Lipinski definition) is 0. The van der Waals surface area contributed by atoms with Gasteiger partial charge in [-0.05, 0) is 18.2 Å². The highest BCUT2D eigenvalue weighted by Crippen LogP contribution is 2.12. The Kier molecular flexibility index (Phi) is 1.95. The number of halogens is 1. The number of aromatic nitrogens is 3. The Morgan fingerprint density at radius 3 is 2.64 bits per heavy atom. The maximum atomic E-state index is 12.9. The van der Waals surface area contributed by atoms with Gasteiger partial charge in [0.2, 0.25) is 0 Å². The summed E-state index contributed by atoms with van der Waals surface area (Å²) in [5.41, 5.74) is 0.671. The van der Waals surface area contributed by atoms with Gasteiger partial charge in [0.25, 0.3) is 0 Å². The van der Waals surface area contributed by atoms with E-state index in [9.17, 15) is 4.39 Å². The van der Waals surface area contributed by atoms with Crippen molar-refractivity contribution in [3.63, 3.8) is 0 Å². The van der Waals surface area contributed by atoms with Crippen molar-refractivity contribution < 1.29 is 4.39 Å². The van der Waals surface area contributed by atoms with Crippen molar-refractivity contribution in [1.82, 2.24) is 14.8 Å². The zero-order valence-corrected chi connectivity index (χ0v) is 7.05. The molecule has 0 saturated carbocycles. The third-order valence-corrected chi connectivity index (χ3v) is 1.79. The van der Waals surface area contributed by atoms with Crippen molar-refractivity contribution in [3.8, 4) is 11.8 Å². The van der Waals surface area contributed by atoms with E-state index in [2.05, 4.69) is 10.2 Å². The van der Waals surface area contributed by atoms with Crippen molar-refractivity contribution in [2.24, 2.45) is 0 Å². The second-order valence-electron chi connectivity index (χ2n) is 2.65. The Hall–Kier alpha value is -2.22. The third-order valence-electron chi connectivity index (χ3n) is 1.79. The van der Waals surface area contributed by atoms with E-state index in [0.29, 0.717) is 5.69 Å². The molecule has 0 saturated heterocycles. The first-order valence-electron chi connectivity index (χ1n) is 3.86. The fourth-order valence-corrected chi connectivity index (χ4v) is 1.09. The van der Waals surface area contributed by atoms with Gasteiger partial charge in [0.15, 0.2) is 0 Å². The van der Waals surface area contributed by atoms with E-state index in [-0.39, 0.29) is 5.56 Å². The molecule has 1 aromatic heterocycles. The van der Waals surface area contributed by atoms with Crippen LogP contribution in [0.1, 0.15) is 5.56 Å². The molecule has 0 bridgehead atoms. The molecule has 5 heteroatoms. The smallest absolute Gasteiger partial charge is 0.141 e. The van der Waals surface area contributed by atoms with Gasteiger partial charge in [-0.2, -0.15) is 5.26 Å². The predicted octanol–water partition coefficient (Wildman–Crippen LogP) is 1.28. The van der Waals surface area contributed by atoms with Crippen LogP contribution in [0.3, 0.4) is 0 Å². The molecule has 0 unspecified atom stereocenters. The van der Waals surface area contributed by atoms with E-state index < -0.39 is 5.82 Å². The maximum absolute atomic E-state index is 12.9. The van der Waals surface area contributed by atoms with Gasteiger partial charge in [-0.25, -0.2) is 4.39 Å². The van der Waals surface area contributed by atoms with E-state index in [4.69, 9.17) is 5.26 Å². The molecule has 0 fully saturated rings. The molecular formula is C9H5FN4. The van der Waals surface area contributed by atoms with E-state index in [1.807, 2.05) is 0 Å². The van der Waals surface area contributed by atoms with Crippen LogP contribution < -0.4 is 0 Å². The fourth-order valence-electron chi connectivity index (χ4n) is 1.09. The zero-order valence-electron chi connectivity index (χ0n) is 7.05. The molecule has 0 N–H and O–H groups in total. The highest BCUT2D eigenvalue weighted by atomic mass is 19.1. The van der Waals surface area contributed by atoms with Gasteiger partial charge >= 0.3 is 0 Å². The molecule has 0 amide bonds. The normalized spacial score (nSPS) is 9.71. The van der Waals surface area contributed by atoms with E-state index >= 15 is 0 Å². The monoisotopic (exact) mass is 188 g/mol. The molecule has 0 aliphatic heterocycles. The molecule has 2 aromatic rings. The topological polar surface area (TPSA) is 54.5 Å². The standard InChI is InChI=1S/C9H5FN4/c10-9-2-1-8(3-7(9)4-11)14-5-12-13-6-14/h1-3,5-6H. The molecule has 1 heterocycles. The first-order chi connectivity index (χ1) is 6.81. The number of hydrogen-bond acceptors (Lipinski definition) is 3. The van der Waals surface area contributed by atoms with Gasteiger partial charge in [-0.1, -0.05) is 0 Å². The number of nitriles is 1. The number of benzene rings is 1. The van der Waals surface area contributed by atoms with Crippen LogP contribution >= 0.6 is 0 Å². The summed E-state index contributed by atoms with van der Waals surface area (Å²) < 4.78 is 14.5. The molecule has 14 heavy (non-hydrogen) atoms. The molecular weight excluding hydrogens is 183 g/mol. The van der Waals surface area contributed by atoms with Crippen molar-refractivity contribution in [1.29, 1.82) is 5.26 Å². The summed E-state index contributed by atoms with van der Waals surface area (Å²) in [6.07, 6.45) is 2.96. The lowest BCUT2D eigenvalue weighted by molar-refractivity contribution is 0.623. The average Bonchev–Trinajstić information content (AvgIpc) is 2.71. The Balaban J connectivity index is 2.53. The van der Waals surface area contributed by atoms with E-state index in [1.165, 1.54) is 24.8 Å². The quantitative estimate of drug-likeness (QED) is 0.677. The molecule has 0 aliphatic carbocycles. The van der Waals surface area contributed by atoms with Crippen LogP contribution in [-0.4, -0.2) is 14.8 Å². The summed E-state index contributed by atoms with van der Waals surface area (Å²) in [5, 5.41) is 15.8. The lowest BCUT2D eigenvalue weighted by Crippen LogP contribution is -1.92. The third kappa shape index (κ3) is 1.33. The van der Waals surface area contributed by atoms with Crippen molar-refractivity contribution in [2.45, 2.75) is 0 Å². The van der Waals surface area contributed by atoms with Crippen LogP contribution in [0.2, 0.25) is 0 Å². The summed E-state index contributed by atoms with van der Waals surface area (Å²) in [4.78, 5) is 0. The molecule has 2 rings (SSSR count). The summed E-state index contributed by atoms with van der Waals surface area (Å²) >= 11 is 0. The molecule has 1 aromatic carbocycles. The summed E-state index contributed by atoms with van der Waals surface area (Å²) in [7, 11) is 0. The highest BCUT2D eigenvalue weighted by molar-refractivity contribution is 5.41. The highest BCUT2D eigenvalue weighted by Gasteiger charge is 2.03. The number of nitrogens with zero attached hydrogens (tertiary/aromatic N) is 4. The Morgan fingerprint density at radius 1 is 1.29 bits per heavy atom. The minimum atomic E-state index is -0.524. The summed E-state index contributed by atoms with van der Waals surface area (Å²) in [5.74, 6) is -0.524. The SMILES string of the molecule is N#Cc1cc(-n2cnnc2)ccc1F. The second kappa shape index (κ2) is 3.26. The Labute approximate surface area is 79.2 Å². The van der Waals surface area contributed by atoms with Gasteiger partial charge in [0, 0.05) is 5.69 Å². The van der Waals surface area contributed by atoms with Crippen molar-refractivity contribution in [3.05, 3.63) is 42.2 Å². The first kappa shape index (κ1) is 8.38. The van der Waals surface area contributed by atoms with Crippen LogP contribution in [0.4, 0.5) is 4.39 Å². The van der Waals surface area contributed by atoms with Crippen LogP contribution in [0, 0.1) is 17.1 Å². The van der Waals surface area contributed by atoms with Gasteiger partial charge in [-0.3, -0.25) is 4.57 Å². The molecule has 0 radical (unpaired) electrons. The van der Waals surface area contributed by atoms with Crippen molar-refractivity contribution in [2.75, 3.05) is 0 Å². The van der Waals surface area contributed by atoms with E-state index in [1.54, 1.807) is 16.7 Å². The van der Waals surface area contributed by atoms with Gasteiger partial charge in [-0.15, -0.1) is 10.2 Å². The van der Waals surface area contributed by atoms with Gasteiger partial charge < -0.3 is 0 Å². The molecule has 0 aliphatic rings. The van der Waals surface area contributed by atoms with Crippen LogP contribution in [0.5, 0.6) is 0 Å². The fraction of sp³-hybridized carbons (Fsp3) is 0. The second-order valence-corrected chi connectivity index (χ2v) is 2.65. The van der Waals surface area contributed by atoms with Crippen LogP contribution in [0.25, 0.3) is 5.69 Å². The minimum absolute atomic E-state index is 0.0104. The lowest BCUT2D eigenvalue weighted by atomic mass is 10.2. The first-order valence-corrected chi connectivity index (χ1v) is 3.86. The van der Waals surface area contributed by atoms with Crippen LogP contribution in [0.15, 0.2) is 30.9 Å². The van der Waals surface area contributed by atoms with Gasteiger partial charge in [0.1, 0.15) is 24.5 Å². The van der Waals surface area contributed by atoms with E-state index in [0.717, 1.165) is 0 Å². The van der Waals surface area contributed by atoms with Gasteiger partial charge in [0.05, 0.1) is 5.56 Å².